The van der Waals surface area contributed by atoms with Crippen LogP contribution >= 0.6 is 15.9 Å². The number of hydrogen-bond donors (Lipinski definition) is 1. The summed E-state index contributed by atoms with van der Waals surface area (Å²) in [7, 11) is 0. The number of carbonyl (C=O) groups excluding carboxylic acids is 1. The van der Waals surface area contributed by atoms with Gasteiger partial charge in [-0.3, -0.25) is 4.79 Å². The van der Waals surface area contributed by atoms with Crippen molar-refractivity contribution in [1.29, 1.82) is 0 Å². The average Bonchev–Trinajstić information content (AvgIpc) is 2.81. The average molecular weight is 323 g/mol. The van der Waals surface area contributed by atoms with E-state index in [9.17, 15) is 4.79 Å². The summed E-state index contributed by atoms with van der Waals surface area (Å²) < 4.78 is 0.881. The molecule has 3 atom stereocenters. The summed E-state index contributed by atoms with van der Waals surface area (Å²) >= 11 is 3.46. The number of likely N-dealkylation sites (tertiary alicyclic amines) is 1. The molecular formula is C15H19BrN2O. The van der Waals surface area contributed by atoms with Gasteiger partial charge in [0.1, 0.15) is 0 Å². The minimum Gasteiger partial charge on any atom is -0.338 e. The molecule has 1 unspecified atom stereocenters. The molecule has 1 aliphatic carbocycles. The molecule has 3 nitrogen and oxygen atoms in total. The second kappa shape index (κ2) is 5.25. The summed E-state index contributed by atoms with van der Waals surface area (Å²) in [6, 6.07) is 7.99. The van der Waals surface area contributed by atoms with Crippen molar-refractivity contribution in [3.63, 3.8) is 0 Å². The van der Waals surface area contributed by atoms with E-state index in [1.54, 1.807) is 0 Å². The Morgan fingerprint density at radius 3 is 2.74 bits per heavy atom. The molecule has 0 bridgehead atoms. The van der Waals surface area contributed by atoms with E-state index in [0.29, 0.717) is 17.9 Å². The molecule has 1 aromatic carbocycles. The van der Waals surface area contributed by atoms with Crippen molar-refractivity contribution < 1.29 is 4.79 Å². The first-order valence-corrected chi connectivity index (χ1v) is 7.74. The molecule has 2 N–H and O–H groups in total. The van der Waals surface area contributed by atoms with Crippen molar-refractivity contribution >= 4 is 21.8 Å². The monoisotopic (exact) mass is 322 g/mol. The number of benzene rings is 1. The van der Waals surface area contributed by atoms with Gasteiger partial charge in [0, 0.05) is 23.6 Å². The van der Waals surface area contributed by atoms with E-state index >= 15 is 0 Å². The molecular weight excluding hydrogens is 304 g/mol. The van der Waals surface area contributed by atoms with Gasteiger partial charge in [-0.25, -0.2) is 0 Å². The number of fused-ring (bicyclic) bond motifs is 1. The Kier molecular flexibility index (Phi) is 3.63. The van der Waals surface area contributed by atoms with E-state index in [2.05, 4.69) is 15.9 Å². The van der Waals surface area contributed by atoms with Crippen LogP contribution in [0.3, 0.4) is 0 Å². The summed E-state index contributed by atoms with van der Waals surface area (Å²) in [5, 5.41) is 0. The topological polar surface area (TPSA) is 46.3 Å². The van der Waals surface area contributed by atoms with Gasteiger partial charge >= 0.3 is 0 Å². The van der Waals surface area contributed by atoms with E-state index in [-0.39, 0.29) is 5.91 Å². The SMILES string of the molecule is NC1CC[C@@H]2CN(C(=O)c3ccccc3Br)C[C@@H]2C1. The van der Waals surface area contributed by atoms with Crippen LogP contribution in [-0.2, 0) is 0 Å². The molecule has 102 valence electrons. The Labute approximate surface area is 122 Å². The molecule has 1 aromatic rings. The third-order valence-corrected chi connectivity index (χ3v) is 5.17. The highest BCUT2D eigenvalue weighted by atomic mass is 79.9. The van der Waals surface area contributed by atoms with Crippen molar-refractivity contribution in [2.45, 2.75) is 25.3 Å². The van der Waals surface area contributed by atoms with Gasteiger partial charge in [0.2, 0.25) is 0 Å². The zero-order chi connectivity index (χ0) is 13.4. The first kappa shape index (κ1) is 13.1. The maximum atomic E-state index is 12.6. The van der Waals surface area contributed by atoms with Crippen molar-refractivity contribution in [3.05, 3.63) is 34.3 Å². The molecule has 3 rings (SSSR count). The van der Waals surface area contributed by atoms with E-state index < -0.39 is 0 Å². The Balaban J connectivity index is 1.74. The largest absolute Gasteiger partial charge is 0.338 e. The third kappa shape index (κ3) is 2.56. The van der Waals surface area contributed by atoms with Crippen LogP contribution in [0.15, 0.2) is 28.7 Å². The van der Waals surface area contributed by atoms with Crippen LogP contribution in [0.4, 0.5) is 0 Å². The number of amides is 1. The lowest BCUT2D eigenvalue weighted by Gasteiger charge is -2.27. The van der Waals surface area contributed by atoms with Gasteiger partial charge in [0.05, 0.1) is 5.56 Å². The highest BCUT2D eigenvalue weighted by molar-refractivity contribution is 9.10. The van der Waals surface area contributed by atoms with Crippen LogP contribution in [0.25, 0.3) is 0 Å². The van der Waals surface area contributed by atoms with E-state index in [1.165, 1.54) is 6.42 Å². The summed E-state index contributed by atoms with van der Waals surface area (Å²) in [5.74, 6) is 1.41. The van der Waals surface area contributed by atoms with Crippen LogP contribution in [0.5, 0.6) is 0 Å². The molecule has 0 aromatic heterocycles. The fourth-order valence-electron chi connectivity index (χ4n) is 3.44. The molecule has 1 saturated heterocycles. The maximum absolute atomic E-state index is 12.6. The van der Waals surface area contributed by atoms with Crippen molar-refractivity contribution in [3.8, 4) is 0 Å². The lowest BCUT2D eigenvalue weighted by atomic mass is 9.79. The molecule has 2 fully saturated rings. The van der Waals surface area contributed by atoms with Crippen molar-refractivity contribution in [1.82, 2.24) is 4.90 Å². The number of rotatable bonds is 1. The number of nitrogens with zero attached hydrogens (tertiary/aromatic N) is 1. The summed E-state index contributed by atoms with van der Waals surface area (Å²) in [5.41, 5.74) is 6.81. The molecule has 2 aliphatic rings. The van der Waals surface area contributed by atoms with Crippen molar-refractivity contribution in [2.24, 2.45) is 17.6 Å². The first-order valence-electron chi connectivity index (χ1n) is 6.94. The van der Waals surface area contributed by atoms with Gasteiger partial charge in [0.25, 0.3) is 5.91 Å². The standard InChI is InChI=1S/C15H19BrN2O/c16-14-4-2-1-3-13(14)15(19)18-8-10-5-6-12(17)7-11(10)9-18/h1-4,10-12H,5-9,17H2/t10-,11+,12?/m1/s1. The van der Waals surface area contributed by atoms with Crippen molar-refractivity contribution in [2.75, 3.05) is 13.1 Å². The fourth-order valence-corrected chi connectivity index (χ4v) is 3.89. The number of halogens is 1. The predicted octanol–water partition coefficient (Wildman–Crippen LogP) is 2.65. The van der Waals surface area contributed by atoms with Crippen LogP contribution < -0.4 is 5.73 Å². The molecule has 0 radical (unpaired) electrons. The van der Waals surface area contributed by atoms with E-state index in [0.717, 1.165) is 36.0 Å². The second-order valence-electron chi connectivity index (χ2n) is 5.78. The van der Waals surface area contributed by atoms with Crippen LogP contribution in [0, 0.1) is 11.8 Å². The Hall–Kier alpha value is -0.870. The maximum Gasteiger partial charge on any atom is 0.255 e. The molecule has 1 heterocycles. The van der Waals surface area contributed by atoms with Gasteiger partial charge in [-0.05, 0) is 59.2 Å². The molecule has 4 heteroatoms. The van der Waals surface area contributed by atoms with Gasteiger partial charge < -0.3 is 10.6 Å². The zero-order valence-corrected chi connectivity index (χ0v) is 12.5. The molecule has 19 heavy (non-hydrogen) atoms. The number of nitrogens with two attached hydrogens (primary N) is 1. The Morgan fingerprint density at radius 2 is 1.95 bits per heavy atom. The minimum atomic E-state index is 0.149. The summed E-state index contributed by atoms with van der Waals surface area (Å²) in [6.45, 7) is 1.77. The van der Waals surface area contributed by atoms with E-state index in [4.69, 9.17) is 5.73 Å². The van der Waals surface area contributed by atoms with Crippen LogP contribution in [0.2, 0.25) is 0 Å². The zero-order valence-electron chi connectivity index (χ0n) is 10.9. The Bertz CT molecular complexity index is 491. The number of hydrogen-bond acceptors (Lipinski definition) is 2. The minimum absolute atomic E-state index is 0.149. The number of carbonyl (C=O) groups is 1. The smallest absolute Gasteiger partial charge is 0.255 e. The molecule has 0 spiro atoms. The highest BCUT2D eigenvalue weighted by Gasteiger charge is 2.38. The van der Waals surface area contributed by atoms with Gasteiger partial charge in [-0.15, -0.1) is 0 Å². The molecule has 1 saturated carbocycles. The van der Waals surface area contributed by atoms with E-state index in [1.807, 2.05) is 29.2 Å². The molecule has 1 aliphatic heterocycles. The second-order valence-corrected chi connectivity index (χ2v) is 6.64. The quantitative estimate of drug-likeness (QED) is 0.864. The summed E-state index contributed by atoms with van der Waals surface area (Å²) in [4.78, 5) is 14.6. The summed E-state index contributed by atoms with van der Waals surface area (Å²) in [6.07, 6.45) is 3.36. The highest BCUT2D eigenvalue weighted by Crippen LogP contribution is 2.36. The lowest BCUT2D eigenvalue weighted by molar-refractivity contribution is 0.0783. The predicted molar refractivity (Wildman–Crippen MR) is 78.9 cm³/mol. The van der Waals surface area contributed by atoms with Gasteiger partial charge in [-0.2, -0.15) is 0 Å². The Morgan fingerprint density at radius 1 is 1.21 bits per heavy atom. The first-order chi connectivity index (χ1) is 9.15. The normalized spacial score (nSPS) is 30.2. The van der Waals surface area contributed by atoms with Gasteiger partial charge in [0.15, 0.2) is 0 Å². The van der Waals surface area contributed by atoms with Gasteiger partial charge in [-0.1, -0.05) is 12.1 Å². The molecule has 1 amide bonds. The fraction of sp³-hybridized carbons (Fsp3) is 0.533. The third-order valence-electron chi connectivity index (χ3n) is 4.48. The lowest BCUT2D eigenvalue weighted by Crippen LogP contribution is -2.32. The van der Waals surface area contributed by atoms with Crippen LogP contribution in [0.1, 0.15) is 29.6 Å². The van der Waals surface area contributed by atoms with Crippen LogP contribution in [-0.4, -0.2) is 29.9 Å².